The number of ether oxygens (including phenoxy) is 1. The second-order valence-corrected chi connectivity index (χ2v) is 7.35. The summed E-state index contributed by atoms with van der Waals surface area (Å²) in [6, 6.07) is 5.55. The number of carboxylic acid groups (broad SMARTS) is 1. The second-order valence-electron chi connectivity index (χ2n) is 5.08. The van der Waals surface area contributed by atoms with Crippen molar-refractivity contribution in [3.8, 4) is 0 Å². The van der Waals surface area contributed by atoms with Gasteiger partial charge in [-0.25, -0.2) is 13.2 Å². The lowest BCUT2D eigenvalue weighted by atomic mass is 9.98. The van der Waals surface area contributed by atoms with E-state index in [0.29, 0.717) is 0 Å². The number of carboxylic acids is 1. The van der Waals surface area contributed by atoms with Gasteiger partial charge in [0.15, 0.2) is 15.4 Å². The number of amides is 1. The van der Waals surface area contributed by atoms with E-state index in [1.807, 2.05) is 0 Å². The van der Waals surface area contributed by atoms with Gasteiger partial charge in [0.2, 0.25) is 0 Å². The quantitative estimate of drug-likeness (QED) is 0.813. The zero-order valence-electron chi connectivity index (χ0n) is 12.0. The molecule has 8 heteroatoms. The summed E-state index contributed by atoms with van der Waals surface area (Å²) in [5.41, 5.74) is -1.36. The molecule has 1 unspecified atom stereocenters. The fourth-order valence-electron chi connectivity index (χ4n) is 2.17. The lowest BCUT2D eigenvalue weighted by molar-refractivity contribution is -0.144. The molecule has 120 valence electrons. The lowest BCUT2D eigenvalue weighted by Crippen LogP contribution is -2.55. The van der Waals surface area contributed by atoms with Crippen molar-refractivity contribution in [2.75, 3.05) is 19.0 Å². The third kappa shape index (κ3) is 3.12. The van der Waals surface area contributed by atoms with Gasteiger partial charge in [-0.2, -0.15) is 0 Å². The van der Waals surface area contributed by atoms with E-state index in [1.54, 1.807) is 0 Å². The molecule has 1 aromatic carbocycles. The fraction of sp³-hybridized carbons (Fsp3) is 0.429. The number of nitrogens with one attached hydrogen (secondary N) is 1. The molecule has 2 N–H and O–H groups in total. The van der Waals surface area contributed by atoms with Crippen LogP contribution in [0, 0.1) is 0 Å². The van der Waals surface area contributed by atoms with Crippen LogP contribution >= 0.6 is 0 Å². The van der Waals surface area contributed by atoms with Crippen LogP contribution in [0.4, 0.5) is 0 Å². The Balaban J connectivity index is 2.27. The minimum Gasteiger partial charge on any atom is -0.479 e. The van der Waals surface area contributed by atoms with E-state index in [2.05, 4.69) is 5.32 Å². The van der Waals surface area contributed by atoms with Gasteiger partial charge in [-0.15, -0.1) is 0 Å². The number of benzene rings is 1. The van der Waals surface area contributed by atoms with Crippen LogP contribution in [0.5, 0.6) is 0 Å². The summed E-state index contributed by atoms with van der Waals surface area (Å²) in [5, 5.41) is 11.7. The van der Waals surface area contributed by atoms with Crippen molar-refractivity contribution in [3.05, 3.63) is 29.8 Å². The average Bonchev–Trinajstić information content (AvgIpc) is 2.97. The molecule has 0 bridgehead atoms. The number of carbonyl (C=O) groups is 2. The molecule has 1 amide bonds. The summed E-state index contributed by atoms with van der Waals surface area (Å²) in [5.74, 6) is -1.89. The second kappa shape index (κ2) is 6.05. The van der Waals surface area contributed by atoms with Gasteiger partial charge in [0, 0.05) is 18.6 Å². The zero-order chi connectivity index (χ0) is 16.4. The number of carbonyl (C=O) groups excluding carboxylic acids is 1. The molecule has 1 aromatic rings. The van der Waals surface area contributed by atoms with E-state index in [4.69, 9.17) is 4.74 Å². The molecular weight excluding hydrogens is 310 g/mol. The maximum Gasteiger partial charge on any atom is 0.331 e. The van der Waals surface area contributed by atoms with E-state index in [-0.39, 0.29) is 35.8 Å². The van der Waals surface area contributed by atoms with Crippen molar-refractivity contribution in [2.45, 2.75) is 23.8 Å². The smallest absolute Gasteiger partial charge is 0.331 e. The molecular formula is C14H17NO6S. The molecule has 1 aliphatic heterocycles. The minimum absolute atomic E-state index is 0.0368. The normalized spacial score (nSPS) is 21.5. The van der Waals surface area contributed by atoms with Crippen molar-refractivity contribution in [1.82, 2.24) is 5.32 Å². The molecule has 1 fully saturated rings. The Morgan fingerprint density at radius 3 is 2.68 bits per heavy atom. The molecule has 0 aromatic heterocycles. The van der Waals surface area contributed by atoms with Gasteiger partial charge in [-0.05, 0) is 18.2 Å². The Bertz CT molecular complexity index is 691. The summed E-state index contributed by atoms with van der Waals surface area (Å²) in [7, 11) is -3.43. The van der Waals surface area contributed by atoms with Gasteiger partial charge >= 0.3 is 5.97 Å². The summed E-state index contributed by atoms with van der Waals surface area (Å²) in [6.07, 6.45) is 0.168. The van der Waals surface area contributed by atoms with E-state index in [1.165, 1.54) is 31.2 Å². The van der Waals surface area contributed by atoms with E-state index in [0.717, 1.165) is 0 Å². The van der Waals surface area contributed by atoms with Crippen LogP contribution in [0.1, 0.15) is 23.7 Å². The monoisotopic (exact) mass is 327 g/mol. The SMILES string of the molecule is CCS(=O)(=O)c1cccc(C(=O)NC2(C(=O)O)CCOC2)c1. The summed E-state index contributed by atoms with van der Waals surface area (Å²) >= 11 is 0. The maximum absolute atomic E-state index is 12.3. The Labute approximate surface area is 128 Å². The molecule has 2 rings (SSSR count). The highest BCUT2D eigenvalue weighted by molar-refractivity contribution is 7.91. The van der Waals surface area contributed by atoms with Crippen LogP contribution in [0.2, 0.25) is 0 Å². The first-order valence-corrected chi connectivity index (χ1v) is 8.42. The number of hydrogen-bond acceptors (Lipinski definition) is 5. The number of hydrogen-bond donors (Lipinski definition) is 2. The molecule has 1 heterocycles. The Hall–Kier alpha value is -1.93. The van der Waals surface area contributed by atoms with Crippen molar-refractivity contribution in [1.29, 1.82) is 0 Å². The van der Waals surface area contributed by atoms with Crippen molar-refractivity contribution in [2.24, 2.45) is 0 Å². The van der Waals surface area contributed by atoms with Gasteiger partial charge in [-0.1, -0.05) is 13.0 Å². The van der Waals surface area contributed by atoms with Crippen LogP contribution in [0.3, 0.4) is 0 Å². The van der Waals surface area contributed by atoms with Gasteiger partial charge in [0.05, 0.1) is 17.3 Å². The van der Waals surface area contributed by atoms with Crippen LogP contribution < -0.4 is 5.32 Å². The highest BCUT2D eigenvalue weighted by atomic mass is 32.2. The molecule has 22 heavy (non-hydrogen) atoms. The number of aliphatic carboxylic acids is 1. The van der Waals surface area contributed by atoms with Crippen molar-refractivity contribution >= 4 is 21.7 Å². The van der Waals surface area contributed by atoms with E-state index in [9.17, 15) is 23.1 Å². The Morgan fingerprint density at radius 2 is 2.14 bits per heavy atom. The molecule has 0 radical (unpaired) electrons. The molecule has 0 saturated carbocycles. The van der Waals surface area contributed by atoms with Gasteiger partial charge < -0.3 is 15.2 Å². The predicted octanol–water partition coefficient (Wildman–Crippen LogP) is 0.454. The summed E-state index contributed by atoms with van der Waals surface area (Å²) in [4.78, 5) is 23.7. The largest absolute Gasteiger partial charge is 0.479 e. The first-order valence-electron chi connectivity index (χ1n) is 6.77. The highest BCUT2D eigenvalue weighted by Crippen LogP contribution is 2.20. The topological polar surface area (TPSA) is 110 Å². The molecule has 0 aliphatic carbocycles. The van der Waals surface area contributed by atoms with Gasteiger partial charge in [0.25, 0.3) is 5.91 Å². The molecule has 0 spiro atoms. The van der Waals surface area contributed by atoms with Crippen LogP contribution in [-0.4, -0.2) is 49.9 Å². The highest BCUT2D eigenvalue weighted by Gasteiger charge is 2.44. The molecule has 1 saturated heterocycles. The lowest BCUT2D eigenvalue weighted by Gasteiger charge is -2.23. The Morgan fingerprint density at radius 1 is 1.41 bits per heavy atom. The van der Waals surface area contributed by atoms with Crippen molar-refractivity contribution in [3.63, 3.8) is 0 Å². The van der Waals surface area contributed by atoms with Crippen molar-refractivity contribution < 1.29 is 27.9 Å². The van der Waals surface area contributed by atoms with E-state index < -0.39 is 27.3 Å². The predicted molar refractivity (Wildman–Crippen MR) is 77.4 cm³/mol. The van der Waals surface area contributed by atoms with Gasteiger partial charge in [-0.3, -0.25) is 4.79 Å². The first kappa shape index (κ1) is 16.4. The zero-order valence-corrected chi connectivity index (χ0v) is 12.9. The maximum atomic E-state index is 12.3. The molecule has 7 nitrogen and oxygen atoms in total. The molecule has 1 aliphatic rings. The minimum atomic E-state index is -3.43. The Kier molecular flexibility index (Phi) is 4.52. The van der Waals surface area contributed by atoms with Crippen LogP contribution in [0.15, 0.2) is 29.2 Å². The standard InChI is InChI=1S/C14H17NO6S/c1-2-22(19,20)11-5-3-4-10(8-11)12(16)15-14(13(17)18)6-7-21-9-14/h3-5,8H,2,6-7,9H2,1H3,(H,15,16)(H,17,18). The third-order valence-corrected chi connectivity index (χ3v) is 5.35. The fourth-order valence-corrected chi connectivity index (χ4v) is 3.10. The van der Waals surface area contributed by atoms with E-state index >= 15 is 0 Å². The summed E-state index contributed by atoms with van der Waals surface area (Å²) in [6.45, 7) is 1.65. The average molecular weight is 327 g/mol. The van der Waals surface area contributed by atoms with Crippen LogP contribution in [0.25, 0.3) is 0 Å². The van der Waals surface area contributed by atoms with Crippen LogP contribution in [-0.2, 0) is 19.4 Å². The molecule has 1 atom stereocenters. The first-order chi connectivity index (χ1) is 10.3. The van der Waals surface area contributed by atoms with Gasteiger partial charge in [0.1, 0.15) is 0 Å². The number of rotatable bonds is 5. The number of sulfone groups is 1. The third-order valence-electron chi connectivity index (χ3n) is 3.62. The summed E-state index contributed by atoms with van der Waals surface area (Å²) < 4.78 is 28.8.